The molecule has 2 rings (SSSR count). The minimum absolute atomic E-state index is 0.133. The van der Waals surface area contributed by atoms with Crippen molar-refractivity contribution in [3.63, 3.8) is 0 Å². The summed E-state index contributed by atoms with van der Waals surface area (Å²) < 4.78 is 37.4. The number of Topliss-reactive ketones (excluding diaryl/α,β-unsaturated/α-hetero) is 1. The third-order valence-electron chi connectivity index (χ3n) is 2.95. The lowest BCUT2D eigenvalue weighted by Crippen LogP contribution is -2.04. The Bertz CT molecular complexity index is 738. The van der Waals surface area contributed by atoms with Crippen LogP contribution in [0.3, 0.4) is 0 Å². The second kappa shape index (κ2) is 6.27. The van der Waals surface area contributed by atoms with Crippen LogP contribution in [-0.4, -0.2) is 5.78 Å². The Morgan fingerprint density at radius 1 is 1.00 bits per heavy atom. The van der Waals surface area contributed by atoms with E-state index in [0.717, 1.165) is 12.1 Å². The van der Waals surface area contributed by atoms with Crippen molar-refractivity contribution in [2.45, 2.75) is 6.18 Å². The zero-order valence-electron chi connectivity index (χ0n) is 11.3. The molecule has 0 heterocycles. The SMILES string of the molecule is N#C/C(=C\c1ccc(C(F)(F)F)cc1)C(=O)c1ccccc1. The quantitative estimate of drug-likeness (QED) is 0.476. The number of nitriles is 1. The van der Waals surface area contributed by atoms with Crippen LogP contribution in [0.15, 0.2) is 60.2 Å². The molecule has 5 heteroatoms. The number of halogens is 3. The molecule has 0 saturated heterocycles. The first-order valence-electron chi connectivity index (χ1n) is 6.30. The number of nitrogens with zero attached hydrogens (tertiary/aromatic N) is 1. The summed E-state index contributed by atoms with van der Waals surface area (Å²) in [5.41, 5.74) is -0.209. The van der Waals surface area contributed by atoms with Crippen LogP contribution in [0.1, 0.15) is 21.5 Å². The van der Waals surface area contributed by atoms with Crippen molar-refractivity contribution in [2.24, 2.45) is 0 Å². The summed E-state index contributed by atoms with van der Waals surface area (Å²) >= 11 is 0. The summed E-state index contributed by atoms with van der Waals surface area (Å²) in [5, 5.41) is 9.08. The van der Waals surface area contributed by atoms with Gasteiger partial charge in [-0.15, -0.1) is 0 Å². The molecule has 22 heavy (non-hydrogen) atoms. The van der Waals surface area contributed by atoms with Gasteiger partial charge in [-0.1, -0.05) is 42.5 Å². The van der Waals surface area contributed by atoms with Gasteiger partial charge in [0.25, 0.3) is 0 Å². The number of hydrogen-bond donors (Lipinski definition) is 0. The average molecular weight is 301 g/mol. The van der Waals surface area contributed by atoms with Gasteiger partial charge in [0.2, 0.25) is 5.78 Å². The first kappa shape index (κ1) is 15.5. The van der Waals surface area contributed by atoms with Crippen LogP contribution in [0.25, 0.3) is 6.08 Å². The molecule has 0 radical (unpaired) electrons. The molecule has 2 aromatic carbocycles. The highest BCUT2D eigenvalue weighted by atomic mass is 19.4. The van der Waals surface area contributed by atoms with Gasteiger partial charge in [-0.3, -0.25) is 4.79 Å². The smallest absolute Gasteiger partial charge is 0.288 e. The van der Waals surface area contributed by atoms with Gasteiger partial charge in [-0.25, -0.2) is 0 Å². The van der Waals surface area contributed by atoms with Crippen molar-refractivity contribution in [3.05, 3.63) is 76.9 Å². The second-order valence-corrected chi connectivity index (χ2v) is 4.48. The Hall–Kier alpha value is -2.87. The molecule has 2 aromatic rings. The molecule has 110 valence electrons. The van der Waals surface area contributed by atoms with Crippen molar-refractivity contribution < 1.29 is 18.0 Å². The Morgan fingerprint density at radius 3 is 2.09 bits per heavy atom. The lowest BCUT2D eigenvalue weighted by atomic mass is 10.0. The number of carbonyl (C=O) groups excluding carboxylic acids is 1. The van der Waals surface area contributed by atoms with Gasteiger partial charge < -0.3 is 0 Å². The number of alkyl halides is 3. The number of allylic oxidation sites excluding steroid dienone is 1. The van der Waals surface area contributed by atoms with Crippen LogP contribution in [0, 0.1) is 11.3 Å². The van der Waals surface area contributed by atoms with Crippen LogP contribution in [0.2, 0.25) is 0 Å². The predicted molar refractivity (Wildman–Crippen MR) is 75.8 cm³/mol. The Labute approximate surface area is 125 Å². The number of benzene rings is 2. The average Bonchev–Trinajstić information content (AvgIpc) is 2.52. The van der Waals surface area contributed by atoms with Crippen LogP contribution >= 0.6 is 0 Å². The number of ketones is 1. The van der Waals surface area contributed by atoms with Crippen molar-refractivity contribution >= 4 is 11.9 Å². The van der Waals surface area contributed by atoms with E-state index in [4.69, 9.17) is 5.26 Å². The summed E-state index contributed by atoms with van der Waals surface area (Å²) in [7, 11) is 0. The zero-order valence-corrected chi connectivity index (χ0v) is 11.3. The fraction of sp³-hybridized carbons (Fsp3) is 0.0588. The van der Waals surface area contributed by atoms with E-state index in [1.165, 1.54) is 18.2 Å². The van der Waals surface area contributed by atoms with Crippen LogP contribution in [0.4, 0.5) is 13.2 Å². The summed E-state index contributed by atoms with van der Waals surface area (Å²) in [4.78, 5) is 12.1. The van der Waals surface area contributed by atoms with Crippen molar-refractivity contribution in [1.29, 1.82) is 5.26 Å². The summed E-state index contributed by atoms with van der Waals surface area (Å²) in [5.74, 6) is -0.469. The van der Waals surface area contributed by atoms with Crippen molar-refractivity contribution in [2.75, 3.05) is 0 Å². The maximum atomic E-state index is 12.5. The number of rotatable bonds is 3. The highest BCUT2D eigenvalue weighted by Crippen LogP contribution is 2.29. The fourth-order valence-corrected chi connectivity index (χ4v) is 1.83. The molecule has 0 bridgehead atoms. The maximum Gasteiger partial charge on any atom is 0.416 e. The van der Waals surface area contributed by atoms with Crippen LogP contribution in [0.5, 0.6) is 0 Å². The lowest BCUT2D eigenvalue weighted by molar-refractivity contribution is -0.137. The third-order valence-corrected chi connectivity index (χ3v) is 2.95. The molecule has 0 amide bonds. The zero-order chi connectivity index (χ0) is 16.2. The molecule has 0 aromatic heterocycles. The molecule has 0 aliphatic carbocycles. The van der Waals surface area contributed by atoms with Crippen LogP contribution in [-0.2, 0) is 6.18 Å². The fourth-order valence-electron chi connectivity index (χ4n) is 1.83. The highest BCUT2D eigenvalue weighted by Gasteiger charge is 2.29. The maximum absolute atomic E-state index is 12.5. The van der Waals surface area contributed by atoms with E-state index >= 15 is 0 Å². The van der Waals surface area contributed by atoms with Crippen LogP contribution < -0.4 is 0 Å². The second-order valence-electron chi connectivity index (χ2n) is 4.48. The molecule has 0 aliphatic heterocycles. The van der Waals surface area contributed by atoms with Gasteiger partial charge in [0.05, 0.1) is 5.56 Å². The van der Waals surface area contributed by atoms with E-state index in [9.17, 15) is 18.0 Å². The minimum atomic E-state index is -4.42. The molecule has 0 atom stereocenters. The standard InChI is InChI=1S/C17H10F3NO/c18-17(19,20)15-8-6-12(7-9-15)10-14(11-21)16(22)13-4-2-1-3-5-13/h1-10H/b14-10+. The van der Waals surface area contributed by atoms with E-state index in [1.54, 1.807) is 36.4 Å². The van der Waals surface area contributed by atoms with E-state index in [-0.39, 0.29) is 5.57 Å². The molecule has 2 nitrogen and oxygen atoms in total. The largest absolute Gasteiger partial charge is 0.416 e. The van der Waals surface area contributed by atoms with E-state index in [1.807, 2.05) is 0 Å². The summed E-state index contributed by atoms with van der Waals surface area (Å²) in [6, 6.07) is 14.3. The Morgan fingerprint density at radius 2 is 1.59 bits per heavy atom. The van der Waals surface area contributed by atoms with Gasteiger partial charge in [-0.2, -0.15) is 18.4 Å². The topological polar surface area (TPSA) is 40.9 Å². The lowest BCUT2D eigenvalue weighted by Gasteiger charge is -2.06. The number of hydrogen-bond acceptors (Lipinski definition) is 2. The first-order valence-corrected chi connectivity index (χ1v) is 6.30. The van der Waals surface area contributed by atoms with Gasteiger partial charge in [-0.05, 0) is 23.8 Å². The Kier molecular flexibility index (Phi) is 4.42. The first-order chi connectivity index (χ1) is 10.4. The monoisotopic (exact) mass is 301 g/mol. The molecular weight excluding hydrogens is 291 g/mol. The molecule has 0 spiro atoms. The normalized spacial score (nSPS) is 11.8. The molecule has 0 N–H and O–H groups in total. The highest BCUT2D eigenvalue weighted by molar-refractivity contribution is 6.13. The summed E-state index contributed by atoms with van der Waals surface area (Å²) in [6.07, 6.45) is -3.14. The van der Waals surface area contributed by atoms with Gasteiger partial charge in [0.15, 0.2) is 0 Å². The Balaban J connectivity index is 2.30. The third kappa shape index (κ3) is 3.61. The molecule has 0 saturated carbocycles. The molecular formula is C17H10F3NO. The van der Waals surface area contributed by atoms with E-state index in [0.29, 0.717) is 11.1 Å². The van der Waals surface area contributed by atoms with Crippen molar-refractivity contribution in [1.82, 2.24) is 0 Å². The van der Waals surface area contributed by atoms with Gasteiger partial charge in [0, 0.05) is 5.56 Å². The summed E-state index contributed by atoms with van der Waals surface area (Å²) in [6.45, 7) is 0. The van der Waals surface area contributed by atoms with Gasteiger partial charge in [0.1, 0.15) is 11.6 Å². The molecule has 0 unspecified atom stereocenters. The van der Waals surface area contributed by atoms with Gasteiger partial charge >= 0.3 is 6.18 Å². The van der Waals surface area contributed by atoms with E-state index in [2.05, 4.69) is 0 Å². The molecule has 0 fully saturated rings. The van der Waals surface area contributed by atoms with E-state index < -0.39 is 17.5 Å². The molecule has 0 aliphatic rings. The number of carbonyl (C=O) groups is 1. The minimum Gasteiger partial charge on any atom is -0.288 e. The predicted octanol–water partition coefficient (Wildman–Crippen LogP) is 4.50. The van der Waals surface area contributed by atoms with Crippen molar-refractivity contribution in [3.8, 4) is 6.07 Å².